The molecule has 158 valence electrons. The Morgan fingerprint density at radius 2 is 1.69 bits per heavy atom. The van der Waals surface area contributed by atoms with E-state index in [0.29, 0.717) is 28.8 Å². The summed E-state index contributed by atoms with van der Waals surface area (Å²) in [6.45, 7) is 2.60. The van der Waals surface area contributed by atoms with Crippen molar-refractivity contribution in [3.05, 3.63) is 93.9 Å². The van der Waals surface area contributed by atoms with Crippen LogP contribution in [0.2, 0.25) is 0 Å². The highest BCUT2D eigenvalue weighted by molar-refractivity contribution is 7.13. The van der Waals surface area contributed by atoms with Gasteiger partial charge in [-0.25, -0.2) is 9.97 Å². The van der Waals surface area contributed by atoms with Gasteiger partial charge in [-0.15, -0.1) is 11.3 Å². The Hall–Kier alpha value is -3.84. The van der Waals surface area contributed by atoms with Crippen molar-refractivity contribution in [1.29, 1.82) is 0 Å². The minimum atomic E-state index is -0.205. The number of aromatic nitrogens is 3. The number of nitrogens with one attached hydrogen (secondary N) is 1. The van der Waals surface area contributed by atoms with E-state index in [9.17, 15) is 9.59 Å². The standard InChI is InChI=1S/C25H20N4O2S/c1-2-29(15-23-27-20-11-6-4-9-17(20)24(30)28-23)25(31)18-14-21(22-12-7-13-32-22)26-19-10-5-3-8-16(18)19/h3-14H,2,15H2,1H3,(H,27,28,30). The zero-order valence-corrected chi connectivity index (χ0v) is 18.2. The summed E-state index contributed by atoms with van der Waals surface area (Å²) < 4.78 is 0. The summed E-state index contributed by atoms with van der Waals surface area (Å²) in [5.41, 5.74) is 2.54. The maximum Gasteiger partial charge on any atom is 0.258 e. The fraction of sp³-hybridized carbons (Fsp3) is 0.120. The third-order valence-corrected chi connectivity index (χ3v) is 6.28. The number of pyridine rings is 1. The summed E-state index contributed by atoms with van der Waals surface area (Å²) in [6, 6.07) is 20.7. The van der Waals surface area contributed by atoms with E-state index in [-0.39, 0.29) is 18.0 Å². The lowest BCUT2D eigenvalue weighted by molar-refractivity contribution is 0.0750. The molecule has 1 amide bonds. The molecule has 0 atom stereocenters. The Balaban J connectivity index is 1.56. The van der Waals surface area contributed by atoms with E-state index in [1.165, 1.54) is 0 Å². The van der Waals surface area contributed by atoms with Gasteiger partial charge in [0.1, 0.15) is 5.82 Å². The van der Waals surface area contributed by atoms with Crippen molar-refractivity contribution in [3.8, 4) is 10.6 Å². The molecule has 6 nitrogen and oxygen atoms in total. The van der Waals surface area contributed by atoms with Crippen LogP contribution in [0.3, 0.4) is 0 Å². The fourth-order valence-corrected chi connectivity index (χ4v) is 4.48. The van der Waals surface area contributed by atoms with Gasteiger partial charge in [-0.2, -0.15) is 0 Å². The van der Waals surface area contributed by atoms with E-state index in [2.05, 4.69) is 9.97 Å². The number of H-pyrrole nitrogens is 1. The SMILES string of the molecule is CCN(Cc1nc2ccccc2c(=O)[nH]1)C(=O)c1cc(-c2cccs2)nc2ccccc12. The number of hydrogen-bond donors (Lipinski definition) is 1. The number of rotatable bonds is 5. The predicted molar refractivity (Wildman–Crippen MR) is 128 cm³/mol. The average Bonchev–Trinajstić information content (AvgIpc) is 3.36. The van der Waals surface area contributed by atoms with Crippen LogP contribution in [0.1, 0.15) is 23.1 Å². The first kappa shape index (κ1) is 20.1. The number of thiophene rings is 1. The molecule has 3 aromatic heterocycles. The van der Waals surface area contributed by atoms with Crippen molar-refractivity contribution >= 4 is 39.0 Å². The van der Waals surface area contributed by atoms with Gasteiger partial charge in [-0.3, -0.25) is 9.59 Å². The van der Waals surface area contributed by atoms with Crippen molar-refractivity contribution in [2.75, 3.05) is 6.54 Å². The normalized spacial score (nSPS) is 11.2. The van der Waals surface area contributed by atoms with Crippen molar-refractivity contribution < 1.29 is 4.79 Å². The molecular weight excluding hydrogens is 420 g/mol. The van der Waals surface area contributed by atoms with Crippen LogP contribution in [-0.2, 0) is 6.54 Å². The number of aromatic amines is 1. The molecule has 5 aromatic rings. The van der Waals surface area contributed by atoms with E-state index in [4.69, 9.17) is 4.98 Å². The Labute approximate surface area is 188 Å². The van der Waals surface area contributed by atoms with E-state index in [1.807, 2.05) is 60.8 Å². The number of hydrogen-bond acceptors (Lipinski definition) is 5. The van der Waals surface area contributed by atoms with Crippen LogP contribution >= 0.6 is 11.3 Å². The molecule has 0 aliphatic carbocycles. The van der Waals surface area contributed by atoms with Crippen molar-refractivity contribution in [1.82, 2.24) is 19.9 Å². The van der Waals surface area contributed by atoms with Gasteiger partial charge in [-0.05, 0) is 42.6 Å². The lowest BCUT2D eigenvalue weighted by Gasteiger charge is -2.21. The largest absolute Gasteiger partial charge is 0.331 e. The van der Waals surface area contributed by atoms with Gasteiger partial charge in [0.15, 0.2) is 0 Å². The van der Waals surface area contributed by atoms with Gasteiger partial charge in [0.05, 0.1) is 39.1 Å². The summed E-state index contributed by atoms with van der Waals surface area (Å²) in [6.07, 6.45) is 0. The van der Waals surface area contributed by atoms with Crippen LogP contribution in [0.4, 0.5) is 0 Å². The molecule has 0 fully saturated rings. The molecule has 0 saturated carbocycles. The minimum absolute atomic E-state index is 0.125. The van der Waals surface area contributed by atoms with E-state index < -0.39 is 0 Å². The fourth-order valence-electron chi connectivity index (χ4n) is 3.79. The zero-order valence-electron chi connectivity index (χ0n) is 17.4. The molecule has 32 heavy (non-hydrogen) atoms. The summed E-state index contributed by atoms with van der Waals surface area (Å²) in [5, 5.41) is 3.33. The van der Waals surface area contributed by atoms with Gasteiger partial charge >= 0.3 is 0 Å². The lowest BCUT2D eigenvalue weighted by Crippen LogP contribution is -2.32. The molecule has 0 spiro atoms. The number of fused-ring (bicyclic) bond motifs is 2. The Morgan fingerprint density at radius 3 is 2.41 bits per heavy atom. The molecule has 2 aromatic carbocycles. The quantitative estimate of drug-likeness (QED) is 0.423. The Morgan fingerprint density at radius 1 is 0.969 bits per heavy atom. The summed E-state index contributed by atoms with van der Waals surface area (Å²) >= 11 is 1.59. The molecule has 0 bridgehead atoms. The molecule has 5 rings (SSSR count). The number of para-hydroxylation sites is 2. The molecule has 0 saturated heterocycles. The predicted octanol–water partition coefficient (Wildman–Crippen LogP) is 4.86. The monoisotopic (exact) mass is 440 g/mol. The van der Waals surface area contributed by atoms with Crippen LogP contribution in [0.15, 0.2) is 76.9 Å². The number of carbonyl (C=O) groups excluding carboxylic acids is 1. The maximum absolute atomic E-state index is 13.6. The Bertz CT molecular complexity index is 1490. The average molecular weight is 441 g/mol. The Kier molecular flexibility index (Phi) is 5.25. The molecular formula is C25H20N4O2S. The van der Waals surface area contributed by atoms with Crippen LogP contribution in [0.25, 0.3) is 32.4 Å². The highest BCUT2D eigenvalue weighted by Crippen LogP contribution is 2.28. The summed E-state index contributed by atoms with van der Waals surface area (Å²) in [5.74, 6) is 0.334. The molecule has 0 aliphatic rings. The van der Waals surface area contributed by atoms with Crippen molar-refractivity contribution in [3.63, 3.8) is 0 Å². The van der Waals surface area contributed by atoms with Crippen LogP contribution in [0, 0.1) is 0 Å². The summed E-state index contributed by atoms with van der Waals surface area (Å²) in [7, 11) is 0. The number of benzene rings is 2. The van der Waals surface area contributed by atoms with Crippen molar-refractivity contribution in [2.45, 2.75) is 13.5 Å². The van der Waals surface area contributed by atoms with Gasteiger partial charge in [0.25, 0.3) is 11.5 Å². The van der Waals surface area contributed by atoms with Crippen molar-refractivity contribution in [2.24, 2.45) is 0 Å². The number of carbonyl (C=O) groups is 1. The first-order chi connectivity index (χ1) is 15.6. The van der Waals surface area contributed by atoms with Crippen LogP contribution in [-0.4, -0.2) is 32.3 Å². The number of nitrogens with zero attached hydrogens (tertiary/aromatic N) is 3. The number of amides is 1. The second kappa shape index (κ2) is 8.36. The van der Waals surface area contributed by atoms with Crippen LogP contribution < -0.4 is 5.56 Å². The molecule has 7 heteroatoms. The molecule has 0 unspecified atom stereocenters. The first-order valence-electron chi connectivity index (χ1n) is 10.3. The lowest BCUT2D eigenvalue weighted by atomic mass is 10.1. The summed E-state index contributed by atoms with van der Waals surface area (Å²) in [4.78, 5) is 40.9. The highest BCUT2D eigenvalue weighted by Gasteiger charge is 2.20. The van der Waals surface area contributed by atoms with Crippen LogP contribution in [0.5, 0.6) is 0 Å². The highest BCUT2D eigenvalue weighted by atomic mass is 32.1. The minimum Gasteiger partial charge on any atom is -0.331 e. The molecule has 3 heterocycles. The van der Waals surface area contributed by atoms with Gasteiger partial charge in [-0.1, -0.05) is 36.4 Å². The zero-order chi connectivity index (χ0) is 22.1. The van der Waals surface area contributed by atoms with E-state index in [1.54, 1.807) is 34.4 Å². The van der Waals surface area contributed by atoms with Gasteiger partial charge < -0.3 is 9.88 Å². The topological polar surface area (TPSA) is 79.0 Å². The smallest absolute Gasteiger partial charge is 0.258 e. The molecule has 0 aliphatic heterocycles. The first-order valence-corrected chi connectivity index (χ1v) is 11.2. The van der Waals surface area contributed by atoms with Gasteiger partial charge in [0.2, 0.25) is 0 Å². The van der Waals surface area contributed by atoms with Gasteiger partial charge in [0, 0.05) is 11.9 Å². The third kappa shape index (κ3) is 3.67. The third-order valence-electron chi connectivity index (χ3n) is 5.39. The molecule has 0 radical (unpaired) electrons. The maximum atomic E-state index is 13.6. The second-order valence-corrected chi connectivity index (χ2v) is 8.35. The second-order valence-electron chi connectivity index (χ2n) is 7.40. The molecule has 1 N–H and O–H groups in total. The van der Waals surface area contributed by atoms with E-state index >= 15 is 0 Å². The van der Waals surface area contributed by atoms with E-state index in [0.717, 1.165) is 21.5 Å².